The van der Waals surface area contributed by atoms with Gasteiger partial charge < -0.3 is 14.8 Å². The standard InChI is InChI=1S/C11H14N2O4/c1-7(2)5-12-8-3-10-11(17-6-16-10)4-9(8)13(14)15/h3-4,7,12H,5-6H2,1-2H3. The molecule has 0 amide bonds. The summed E-state index contributed by atoms with van der Waals surface area (Å²) in [5, 5.41) is 14.0. The molecule has 17 heavy (non-hydrogen) atoms. The largest absolute Gasteiger partial charge is 0.454 e. The summed E-state index contributed by atoms with van der Waals surface area (Å²) < 4.78 is 10.3. The van der Waals surface area contributed by atoms with Crippen molar-refractivity contribution >= 4 is 11.4 Å². The second kappa shape index (κ2) is 4.48. The Hall–Kier alpha value is -1.98. The molecule has 6 heteroatoms. The van der Waals surface area contributed by atoms with E-state index in [0.717, 1.165) is 0 Å². The average Bonchev–Trinajstić information content (AvgIpc) is 2.71. The van der Waals surface area contributed by atoms with E-state index < -0.39 is 4.92 Å². The van der Waals surface area contributed by atoms with Gasteiger partial charge in [-0.1, -0.05) is 13.8 Å². The summed E-state index contributed by atoms with van der Waals surface area (Å²) >= 11 is 0. The van der Waals surface area contributed by atoms with Crippen LogP contribution in [0.5, 0.6) is 11.5 Å². The fraction of sp³-hybridized carbons (Fsp3) is 0.455. The number of nitro groups is 1. The zero-order chi connectivity index (χ0) is 12.4. The monoisotopic (exact) mass is 238 g/mol. The topological polar surface area (TPSA) is 73.6 Å². The van der Waals surface area contributed by atoms with Crippen molar-refractivity contribution in [2.45, 2.75) is 13.8 Å². The Morgan fingerprint density at radius 1 is 1.41 bits per heavy atom. The molecule has 1 aliphatic rings. The molecule has 1 heterocycles. The van der Waals surface area contributed by atoms with E-state index in [1.165, 1.54) is 6.07 Å². The second-order valence-electron chi connectivity index (χ2n) is 4.25. The van der Waals surface area contributed by atoms with Crippen molar-refractivity contribution in [2.24, 2.45) is 5.92 Å². The van der Waals surface area contributed by atoms with Gasteiger partial charge in [0.15, 0.2) is 11.5 Å². The van der Waals surface area contributed by atoms with Gasteiger partial charge in [-0.05, 0) is 5.92 Å². The van der Waals surface area contributed by atoms with Crippen LogP contribution < -0.4 is 14.8 Å². The molecular formula is C11H14N2O4. The number of nitro benzene ring substituents is 1. The number of ether oxygens (including phenoxy) is 2. The number of nitrogens with one attached hydrogen (secondary N) is 1. The Labute approximate surface area is 98.7 Å². The molecule has 2 rings (SSSR count). The summed E-state index contributed by atoms with van der Waals surface area (Å²) in [5.74, 6) is 1.37. The lowest BCUT2D eigenvalue weighted by molar-refractivity contribution is -0.384. The summed E-state index contributed by atoms with van der Waals surface area (Å²) in [5.41, 5.74) is 0.475. The second-order valence-corrected chi connectivity index (χ2v) is 4.25. The van der Waals surface area contributed by atoms with Crippen LogP contribution in [-0.4, -0.2) is 18.3 Å². The average molecular weight is 238 g/mol. The van der Waals surface area contributed by atoms with Crippen LogP contribution in [0.4, 0.5) is 11.4 Å². The minimum absolute atomic E-state index is 0.00917. The Bertz CT molecular complexity index is 445. The first kappa shape index (κ1) is 11.5. The number of hydrogen-bond acceptors (Lipinski definition) is 5. The number of fused-ring (bicyclic) bond motifs is 1. The molecule has 1 aliphatic heterocycles. The molecule has 0 aromatic heterocycles. The maximum absolute atomic E-state index is 10.9. The minimum Gasteiger partial charge on any atom is -0.454 e. The number of benzene rings is 1. The third kappa shape index (κ3) is 2.41. The Morgan fingerprint density at radius 2 is 2.06 bits per heavy atom. The van der Waals surface area contributed by atoms with E-state index in [1.807, 2.05) is 13.8 Å². The molecule has 0 bridgehead atoms. The predicted molar refractivity (Wildman–Crippen MR) is 62.5 cm³/mol. The molecule has 1 N–H and O–H groups in total. The first-order valence-electron chi connectivity index (χ1n) is 5.40. The Balaban J connectivity index is 2.31. The lowest BCUT2D eigenvalue weighted by Gasteiger charge is -2.10. The van der Waals surface area contributed by atoms with Crippen LogP contribution in [0, 0.1) is 16.0 Å². The van der Waals surface area contributed by atoms with Gasteiger partial charge in [-0.3, -0.25) is 10.1 Å². The van der Waals surface area contributed by atoms with Gasteiger partial charge in [0, 0.05) is 12.6 Å². The summed E-state index contributed by atoms with van der Waals surface area (Å²) in [6.45, 7) is 4.85. The molecule has 0 saturated carbocycles. The van der Waals surface area contributed by atoms with Crippen molar-refractivity contribution in [1.29, 1.82) is 0 Å². The molecule has 0 saturated heterocycles. The molecule has 0 radical (unpaired) electrons. The van der Waals surface area contributed by atoms with Crippen LogP contribution in [0.25, 0.3) is 0 Å². The highest BCUT2D eigenvalue weighted by atomic mass is 16.7. The quantitative estimate of drug-likeness (QED) is 0.644. The lowest BCUT2D eigenvalue weighted by atomic mass is 10.2. The van der Waals surface area contributed by atoms with Crippen LogP contribution in [0.3, 0.4) is 0 Å². The molecule has 0 atom stereocenters. The van der Waals surface area contributed by atoms with E-state index in [-0.39, 0.29) is 12.5 Å². The van der Waals surface area contributed by atoms with E-state index >= 15 is 0 Å². The lowest BCUT2D eigenvalue weighted by Crippen LogP contribution is -2.09. The smallest absolute Gasteiger partial charge is 0.296 e. The normalized spacial score (nSPS) is 12.9. The minimum atomic E-state index is -0.426. The van der Waals surface area contributed by atoms with Crippen molar-refractivity contribution in [3.05, 3.63) is 22.2 Å². The first-order chi connectivity index (χ1) is 8.08. The van der Waals surface area contributed by atoms with Crippen molar-refractivity contribution in [2.75, 3.05) is 18.7 Å². The highest BCUT2D eigenvalue weighted by Crippen LogP contribution is 2.40. The van der Waals surface area contributed by atoms with E-state index in [2.05, 4.69) is 5.32 Å². The zero-order valence-electron chi connectivity index (χ0n) is 9.73. The van der Waals surface area contributed by atoms with E-state index in [4.69, 9.17) is 9.47 Å². The Kier molecular flexibility index (Phi) is 3.03. The number of rotatable bonds is 4. The van der Waals surface area contributed by atoms with Gasteiger partial charge in [-0.2, -0.15) is 0 Å². The third-order valence-electron chi connectivity index (χ3n) is 2.39. The van der Waals surface area contributed by atoms with Crippen LogP contribution in [0.15, 0.2) is 12.1 Å². The zero-order valence-corrected chi connectivity index (χ0v) is 9.73. The SMILES string of the molecule is CC(C)CNc1cc2c(cc1[N+](=O)[O-])OCO2. The van der Waals surface area contributed by atoms with Gasteiger partial charge in [-0.15, -0.1) is 0 Å². The van der Waals surface area contributed by atoms with Gasteiger partial charge in [0.05, 0.1) is 11.0 Å². The van der Waals surface area contributed by atoms with Gasteiger partial charge in [0.1, 0.15) is 5.69 Å². The van der Waals surface area contributed by atoms with Crippen molar-refractivity contribution in [1.82, 2.24) is 0 Å². The number of anilines is 1. The van der Waals surface area contributed by atoms with Gasteiger partial charge >= 0.3 is 0 Å². The molecule has 0 unspecified atom stereocenters. The van der Waals surface area contributed by atoms with Crippen LogP contribution in [0.2, 0.25) is 0 Å². The van der Waals surface area contributed by atoms with Crippen LogP contribution in [-0.2, 0) is 0 Å². The van der Waals surface area contributed by atoms with Gasteiger partial charge in [0.25, 0.3) is 5.69 Å². The molecule has 6 nitrogen and oxygen atoms in total. The van der Waals surface area contributed by atoms with E-state index in [9.17, 15) is 10.1 Å². The summed E-state index contributed by atoms with van der Waals surface area (Å²) in [6.07, 6.45) is 0. The molecular weight excluding hydrogens is 224 g/mol. The van der Waals surface area contributed by atoms with Crippen molar-refractivity contribution in [3.63, 3.8) is 0 Å². The number of nitrogens with zero attached hydrogens (tertiary/aromatic N) is 1. The summed E-state index contributed by atoms with van der Waals surface area (Å²) in [4.78, 5) is 10.5. The summed E-state index contributed by atoms with van der Waals surface area (Å²) in [7, 11) is 0. The third-order valence-corrected chi connectivity index (χ3v) is 2.39. The van der Waals surface area contributed by atoms with Crippen LogP contribution >= 0.6 is 0 Å². The molecule has 0 spiro atoms. The van der Waals surface area contributed by atoms with Crippen molar-refractivity contribution in [3.8, 4) is 11.5 Å². The van der Waals surface area contributed by atoms with Crippen LogP contribution in [0.1, 0.15) is 13.8 Å². The molecule has 0 fully saturated rings. The summed E-state index contributed by atoms with van der Waals surface area (Å²) in [6, 6.07) is 3.01. The Morgan fingerprint density at radius 3 is 2.65 bits per heavy atom. The van der Waals surface area contributed by atoms with E-state index in [0.29, 0.717) is 29.6 Å². The molecule has 1 aromatic rings. The highest BCUT2D eigenvalue weighted by Gasteiger charge is 2.23. The first-order valence-corrected chi connectivity index (χ1v) is 5.40. The molecule has 1 aromatic carbocycles. The maximum Gasteiger partial charge on any atom is 0.296 e. The van der Waals surface area contributed by atoms with E-state index in [1.54, 1.807) is 6.07 Å². The molecule has 0 aliphatic carbocycles. The van der Waals surface area contributed by atoms with Crippen molar-refractivity contribution < 1.29 is 14.4 Å². The van der Waals surface area contributed by atoms with Gasteiger partial charge in [-0.25, -0.2) is 0 Å². The number of hydrogen-bond donors (Lipinski definition) is 1. The fourth-order valence-corrected chi connectivity index (χ4v) is 1.54. The maximum atomic E-state index is 10.9. The highest BCUT2D eigenvalue weighted by molar-refractivity contribution is 5.68. The molecule has 92 valence electrons. The van der Waals surface area contributed by atoms with Gasteiger partial charge in [0.2, 0.25) is 6.79 Å². The predicted octanol–water partition coefficient (Wildman–Crippen LogP) is 2.39. The fourth-order valence-electron chi connectivity index (χ4n) is 1.54.